The van der Waals surface area contributed by atoms with Gasteiger partial charge in [0.1, 0.15) is 0 Å². The van der Waals surface area contributed by atoms with E-state index in [1.165, 1.54) is 19.3 Å². The molecule has 1 fully saturated rings. The molecule has 0 aliphatic heterocycles. The van der Waals surface area contributed by atoms with E-state index >= 15 is 0 Å². The van der Waals surface area contributed by atoms with Crippen molar-refractivity contribution in [3.8, 4) is 0 Å². The number of carbonyl (C=O) groups is 1. The second-order valence-corrected chi connectivity index (χ2v) is 6.39. The number of hydrogen-bond acceptors (Lipinski definition) is 2. The number of hydrogen-bond donors (Lipinski definition) is 2. The van der Waals surface area contributed by atoms with E-state index in [2.05, 4.69) is 19.2 Å². The first-order valence-electron chi connectivity index (χ1n) is 7.45. The Kier molecular flexibility index (Phi) is 5.64. The van der Waals surface area contributed by atoms with Gasteiger partial charge in [-0.1, -0.05) is 33.6 Å². The van der Waals surface area contributed by atoms with E-state index in [-0.39, 0.29) is 5.91 Å². The fourth-order valence-corrected chi connectivity index (χ4v) is 2.88. The number of amides is 1. The molecule has 1 aliphatic carbocycles. The molecule has 0 aromatic heterocycles. The highest BCUT2D eigenvalue weighted by Crippen LogP contribution is 2.31. The molecule has 1 saturated carbocycles. The maximum atomic E-state index is 12.4. The van der Waals surface area contributed by atoms with Gasteiger partial charge in [-0.15, -0.1) is 0 Å². The van der Waals surface area contributed by atoms with Crippen LogP contribution in [0.2, 0.25) is 0 Å². The maximum absolute atomic E-state index is 12.4. The maximum Gasteiger partial charge on any atom is 0.227 e. The molecule has 106 valence electrons. The van der Waals surface area contributed by atoms with Crippen LogP contribution in [0.1, 0.15) is 59.8 Å². The zero-order valence-electron chi connectivity index (χ0n) is 12.5. The number of rotatable bonds is 5. The quantitative estimate of drug-likeness (QED) is 0.792. The van der Waals surface area contributed by atoms with Gasteiger partial charge in [-0.2, -0.15) is 0 Å². The molecule has 3 nitrogen and oxygen atoms in total. The summed E-state index contributed by atoms with van der Waals surface area (Å²) < 4.78 is 0. The van der Waals surface area contributed by atoms with E-state index in [0.29, 0.717) is 24.4 Å². The Morgan fingerprint density at radius 2 is 2.00 bits per heavy atom. The molecule has 0 spiro atoms. The van der Waals surface area contributed by atoms with Crippen molar-refractivity contribution in [2.45, 2.75) is 65.8 Å². The van der Waals surface area contributed by atoms with E-state index in [1.807, 2.05) is 13.8 Å². The van der Waals surface area contributed by atoms with Gasteiger partial charge < -0.3 is 11.1 Å². The number of nitrogens with two attached hydrogens (primary N) is 1. The molecule has 0 heterocycles. The third-order valence-corrected chi connectivity index (χ3v) is 4.77. The van der Waals surface area contributed by atoms with Gasteiger partial charge in [0.05, 0.1) is 5.41 Å². The Labute approximate surface area is 112 Å². The highest BCUT2D eigenvalue weighted by Gasteiger charge is 2.34. The van der Waals surface area contributed by atoms with Gasteiger partial charge in [-0.25, -0.2) is 0 Å². The second-order valence-electron chi connectivity index (χ2n) is 6.39. The van der Waals surface area contributed by atoms with Crippen molar-refractivity contribution < 1.29 is 4.79 Å². The molecular formula is C15H30N2O. The SMILES string of the molecule is CCC(C)(CN)C(=O)NC1CCCCC1C(C)C. The summed E-state index contributed by atoms with van der Waals surface area (Å²) in [5, 5.41) is 3.27. The fourth-order valence-electron chi connectivity index (χ4n) is 2.88. The van der Waals surface area contributed by atoms with Gasteiger partial charge >= 0.3 is 0 Å². The van der Waals surface area contributed by atoms with Crippen LogP contribution in [-0.4, -0.2) is 18.5 Å². The minimum Gasteiger partial charge on any atom is -0.353 e. The van der Waals surface area contributed by atoms with E-state index in [1.54, 1.807) is 0 Å². The van der Waals surface area contributed by atoms with Gasteiger partial charge in [0.2, 0.25) is 5.91 Å². The average Bonchev–Trinajstić information content (AvgIpc) is 2.38. The number of nitrogens with one attached hydrogen (secondary N) is 1. The summed E-state index contributed by atoms with van der Waals surface area (Å²) >= 11 is 0. The van der Waals surface area contributed by atoms with Gasteiger partial charge in [0.25, 0.3) is 0 Å². The van der Waals surface area contributed by atoms with E-state index < -0.39 is 5.41 Å². The van der Waals surface area contributed by atoms with Crippen LogP contribution in [0, 0.1) is 17.3 Å². The van der Waals surface area contributed by atoms with Crippen molar-refractivity contribution in [1.82, 2.24) is 5.32 Å². The Morgan fingerprint density at radius 3 is 2.50 bits per heavy atom. The third kappa shape index (κ3) is 3.47. The lowest BCUT2D eigenvalue weighted by molar-refractivity contribution is -0.131. The topological polar surface area (TPSA) is 55.1 Å². The molecule has 18 heavy (non-hydrogen) atoms. The summed E-state index contributed by atoms with van der Waals surface area (Å²) in [6.07, 6.45) is 5.71. The monoisotopic (exact) mass is 254 g/mol. The molecule has 3 N–H and O–H groups in total. The van der Waals surface area contributed by atoms with Gasteiger partial charge in [-0.05, 0) is 38.0 Å². The summed E-state index contributed by atoms with van der Waals surface area (Å²) in [5.74, 6) is 1.41. The molecule has 1 rings (SSSR count). The van der Waals surface area contributed by atoms with Crippen molar-refractivity contribution in [3.05, 3.63) is 0 Å². The van der Waals surface area contributed by atoms with Crippen LogP contribution in [0.15, 0.2) is 0 Å². The molecule has 1 aliphatic rings. The summed E-state index contributed by atoms with van der Waals surface area (Å²) in [6, 6.07) is 0.351. The highest BCUT2D eigenvalue weighted by atomic mass is 16.2. The normalized spacial score (nSPS) is 27.9. The van der Waals surface area contributed by atoms with Gasteiger partial charge in [0, 0.05) is 12.6 Å². The molecular weight excluding hydrogens is 224 g/mol. The lowest BCUT2D eigenvalue weighted by Crippen LogP contribution is -2.51. The van der Waals surface area contributed by atoms with Crippen molar-refractivity contribution in [3.63, 3.8) is 0 Å². The lowest BCUT2D eigenvalue weighted by atomic mass is 9.77. The summed E-state index contributed by atoms with van der Waals surface area (Å²) in [4.78, 5) is 12.4. The summed E-state index contributed by atoms with van der Waals surface area (Å²) in [6.45, 7) is 8.95. The zero-order valence-corrected chi connectivity index (χ0v) is 12.5. The first kappa shape index (κ1) is 15.5. The van der Waals surface area contributed by atoms with Crippen molar-refractivity contribution in [2.75, 3.05) is 6.54 Å². The van der Waals surface area contributed by atoms with Gasteiger partial charge in [0.15, 0.2) is 0 Å². The minimum absolute atomic E-state index is 0.144. The van der Waals surface area contributed by atoms with E-state index in [4.69, 9.17) is 5.73 Å². The molecule has 3 heteroatoms. The van der Waals surface area contributed by atoms with Gasteiger partial charge in [-0.3, -0.25) is 4.79 Å². The Bertz CT molecular complexity index is 272. The molecule has 0 bridgehead atoms. The minimum atomic E-state index is -0.404. The molecule has 3 atom stereocenters. The van der Waals surface area contributed by atoms with Crippen molar-refractivity contribution >= 4 is 5.91 Å². The van der Waals surface area contributed by atoms with Crippen molar-refractivity contribution in [1.29, 1.82) is 0 Å². The predicted octanol–water partition coefficient (Wildman–Crippen LogP) is 2.69. The lowest BCUT2D eigenvalue weighted by Gasteiger charge is -2.37. The van der Waals surface area contributed by atoms with Crippen LogP contribution in [-0.2, 0) is 4.79 Å². The van der Waals surface area contributed by atoms with Crippen LogP contribution in [0.4, 0.5) is 0 Å². The van der Waals surface area contributed by atoms with Crippen LogP contribution < -0.4 is 11.1 Å². The molecule has 0 radical (unpaired) electrons. The fraction of sp³-hybridized carbons (Fsp3) is 0.933. The first-order chi connectivity index (χ1) is 8.44. The Morgan fingerprint density at radius 1 is 1.39 bits per heavy atom. The third-order valence-electron chi connectivity index (χ3n) is 4.77. The Balaban J connectivity index is 2.67. The summed E-state index contributed by atoms with van der Waals surface area (Å²) in [5.41, 5.74) is 5.35. The van der Waals surface area contributed by atoms with Crippen LogP contribution in [0.25, 0.3) is 0 Å². The molecule has 0 saturated heterocycles. The standard InChI is InChI=1S/C15H30N2O/c1-5-15(4,10-16)14(18)17-13-9-7-6-8-12(13)11(2)3/h11-13H,5-10,16H2,1-4H3,(H,17,18). The molecule has 3 unspecified atom stereocenters. The van der Waals surface area contributed by atoms with Crippen LogP contribution in [0.5, 0.6) is 0 Å². The molecule has 0 aromatic carbocycles. The number of carbonyl (C=O) groups excluding carboxylic acids is 1. The van der Waals surface area contributed by atoms with E-state index in [9.17, 15) is 4.79 Å². The predicted molar refractivity (Wildman–Crippen MR) is 76.2 cm³/mol. The largest absolute Gasteiger partial charge is 0.353 e. The van der Waals surface area contributed by atoms with Crippen LogP contribution >= 0.6 is 0 Å². The molecule has 1 amide bonds. The van der Waals surface area contributed by atoms with Crippen molar-refractivity contribution in [2.24, 2.45) is 23.0 Å². The van der Waals surface area contributed by atoms with Crippen LogP contribution in [0.3, 0.4) is 0 Å². The Hall–Kier alpha value is -0.570. The van der Waals surface area contributed by atoms with E-state index in [0.717, 1.165) is 12.8 Å². The smallest absolute Gasteiger partial charge is 0.227 e. The highest BCUT2D eigenvalue weighted by molar-refractivity contribution is 5.82. The first-order valence-corrected chi connectivity index (χ1v) is 7.45. The second kappa shape index (κ2) is 6.55. The summed E-state index contributed by atoms with van der Waals surface area (Å²) in [7, 11) is 0. The zero-order chi connectivity index (χ0) is 13.8. The average molecular weight is 254 g/mol. The molecule has 0 aromatic rings.